The average Bonchev–Trinajstić information content (AvgIpc) is 2.98. The summed E-state index contributed by atoms with van der Waals surface area (Å²) >= 11 is 0. The van der Waals surface area contributed by atoms with Gasteiger partial charge in [0, 0.05) is 45.8 Å². The maximum atomic E-state index is 13.9. The highest BCUT2D eigenvalue weighted by Gasteiger charge is 2.35. The Morgan fingerprint density at radius 2 is 1.52 bits per heavy atom. The van der Waals surface area contributed by atoms with Crippen molar-refractivity contribution in [1.29, 1.82) is 0 Å². The molecular formula is C22H24FN3O3. The molecule has 1 fully saturated rings. The molecule has 0 unspecified atom stereocenters. The molecule has 2 aromatic rings. The third-order valence-corrected chi connectivity index (χ3v) is 5.61. The summed E-state index contributed by atoms with van der Waals surface area (Å²) in [6, 6.07) is 12.0. The van der Waals surface area contributed by atoms with Crippen LogP contribution in [0.3, 0.4) is 0 Å². The summed E-state index contributed by atoms with van der Waals surface area (Å²) in [6.07, 6.45) is 0. The molecule has 6 nitrogen and oxygen atoms in total. The van der Waals surface area contributed by atoms with Crippen LogP contribution < -0.4 is 4.74 Å². The van der Waals surface area contributed by atoms with Crippen LogP contribution in [0.5, 0.6) is 5.75 Å². The van der Waals surface area contributed by atoms with Crippen LogP contribution in [0, 0.1) is 5.82 Å². The Morgan fingerprint density at radius 3 is 2.10 bits per heavy atom. The first-order valence-electron chi connectivity index (χ1n) is 9.79. The van der Waals surface area contributed by atoms with E-state index in [2.05, 4.69) is 9.80 Å². The first kappa shape index (κ1) is 19.5. The standard InChI is InChI=1S/C22H24FN3O3/c1-29-20-7-6-16(14-19(20)23)15-25-10-8-24(9-11-25)12-13-26-21(27)17-4-2-3-5-18(17)22(26)28/h2-7,14H,8-13,15H2,1H3. The molecule has 7 heteroatoms. The SMILES string of the molecule is COc1ccc(CN2CCN(CCN3C(=O)c4ccccc4C3=O)CC2)cc1F. The highest BCUT2D eigenvalue weighted by molar-refractivity contribution is 6.21. The zero-order chi connectivity index (χ0) is 20.4. The van der Waals surface area contributed by atoms with E-state index in [0.29, 0.717) is 30.8 Å². The van der Waals surface area contributed by atoms with Crippen molar-refractivity contribution in [3.63, 3.8) is 0 Å². The largest absolute Gasteiger partial charge is 0.494 e. The third-order valence-electron chi connectivity index (χ3n) is 5.61. The maximum absolute atomic E-state index is 13.9. The number of carbonyl (C=O) groups excluding carboxylic acids is 2. The van der Waals surface area contributed by atoms with Crippen molar-refractivity contribution in [3.8, 4) is 5.75 Å². The van der Waals surface area contributed by atoms with Crippen molar-refractivity contribution in [2.75, 3.05) is 46.4 Å². The van der Waals surface area contributed by atoms with E-state index in [1.807, 2.05) is 6.07 Å². The molecule has 0 atom stereocenters. The van der Waals surface area contributed by atoms with Gasteiger partial charge in [0.2, 0.25) is 0 Å². The topological polar surface area (TPSA) is 53.1 Å². The van der Waals surface area contributed by atoms with Gasteiger partial charge in [-0.25, -0.2) is 4.39 Å². The summed E-state index contributed by atoms with van der Waals surface area (Å²) in [4.78, 5) is 30.8. The Labute approximate surface area is 169 Å². The molecule has 4 rings (SSSR count). The Hall–Kier alpha value is -2.77. The fourth-order valence-corrected chi connectivity index (χ4v) is 3.92. The van der Waals surface area contributed by atoms with Crippen molar-refractivity contribution in [2.24, 2.45) is 0 Å². The van der Waals surface area contributed by atoms with E-state index in [4.69, 9.17) is 4.74 Å². The van der Waals surface area contributed by atoms with Crippen molar-refractivity contribution in [2.45, 2.75) is 6.54 Å². The molecule has 2 aliphatic rings. The molecule has 152 valence electrons. The van der Waals surface area contributed by atoms with Gasteiger partial charge in [0.15, 0.2) is 11.6 Å². The van der Waals surface area contributed by atoms with Gasteiger partial charge in [0.05, 0.1) is 18.2 Å². The second-order valence-electron chi connectivity index (χ2n) is 7.39. The Morgan fingerprint density at radius 1 is 0.897 bits per heavy atom. The Kier molecular flexibility index (Phi) is 5.60. The number of benzene rings is 2. The number of amides is 2. The first-order valence-corrected chi connectivity index (χ1v) is 9.79. The predicted molar refractivity (Wildman–Crippen MR) is 106 cm³/mol. The van der Waals surface area contributed by atoms with Crippen LogP contribution >= 0.6 is 0 Å². The van der Waals surface area contributed by atoms with Crippen molar-refractivity contribution in [3.05, 3.63) is 65.0 Å². The van der Waals surface area contributed by atoms with Gasteiger partial charge in [-0.2, -0.15) is 0 Å². The van der Waals surface area contributed by atoms with Crippen LogP contribution in [-0.4, -0.2) is 72.9 Å². The lowest BCUT2D eigenvalue weighted by Gasteiger charge is -2.35. The van der Waals surface area contributed by atoms with E-state index in [1.165, 1.54) is 18.1 Å². The number of methoxy groups -OCH3 is 1. The van der Waals surface area contributed by atoms with E-state index in [0.717, 1.165) is 31.7 Å². The summed E-state index contributed by atoms with van der Waals surface area (Å²) in [5.74, 6) is -0.493. The predicted octanol–water partition coefficient (Wildman–Crippen LogP) is 2.25. The molecule has 0 aromatic heterocycles. The second-order valence-corrected chi connectivity index (χ2v) is 7.39. The average molecular weight is 397 g/mol. The molecule has 2 aliphatic heterocycles. The summed E-state index contributed by atoms with van der Waals surface area (Å²) < 4.78 is 18.8. The molecule has 0 N–H and O–H groups in total. The maximum Gasteiger partial charge on any atom is 0.261 e. The lowest BCUT2D eigenvalue weighted by molar-refractivity contribution is 0.0612. The Balaban J connectivity index is 1.26. The normalized spacial score (nSPS) is 17.7. The first-order chi connectivity index (χ1) is 14.1. The third kappa shape index (κ3) is 4.02. The molecule has 0 bridgehead atoms. The van der Waals surface area contributed by atoms with Gasteiger partial charge in [0.1, 0.15) is 0 Å². The number of halogens is 1. The number of nitrogens with zero attached hydrogens (tertiary/aromatic N) is 3. The van der Waals surface area contributed by atoms with Crippen molar-refractivity contribution >= 4 is 11.8 Å². The van der Waals surface area contributed by atoms with Crippen LogP contribution in [0.1, 0.15) is 26.3 Å². The molecule has 0 saturated carbocycles. The molecule has 29 heavy (non-hydrogen) atoms. The fourth-order valence-electron chi connectivity index (χ4n) is 3.92. The molecule has 0 radical (unpaired) electrons. The molecule has 2 heterocycles. The van der Waals surface area contributed by atoms with Gasteiger partial charge in [-0.05, 0) is 29.8 Å². The summed E-state index contributed by atoms with van der Waals surface area (Å²) in [5, 5.41) is 0. The monoisotopic (exact) mass is 397 g/mol. The number of imide groups is 1. The molecule has 2 amide bonds. The number of fused-ring (bicyclic) bond motifs is 1. The zero-order valence-electron chi connectivity index (χ0n) is 16.4. The quantitative estimate of drug-likeness (QED) is 0.700. The van der Waals surface area contributed by atoms with E-state index >= 15 is 0 Å². The van der Waals surface area contributed by atoms with Crippen LogP contribution in [0.4, 0.5) is 4.39 Å². The number of piperazine rings is 1. The molecular weight excluding hydrogens is 373 g/mol. The highest BCUT2D eigenvalue weighted by Crippen LogP contribution is 2.22. The van der Waals surface area contributed by atoms with Crippen LogP contribution in [0.25, 0.3) is 0 Å². The second kappa shape index (κ2) is 8.31. The molecule has 1 saturated heterocycles. The van der Waals surface area contributed by atoms with Crippen molar-refractivity contribution < 1.29 is 18.7 Å². The van der Waals surface area contributed by atoms with Crippen LogP contribution in [0.2, 0.25) is 0 Å². The summed E-state index contributed by atoms with van der Waals surface area (Å²) in [5.41, 5.74) is 1.91. The van der Waals surface area contributed by atoms with Gasteiger partial charge in [-0.15, -0.1) is 0 Å². The van der Waals surface area contributed by atoms with Crippen LogP contribution in [-0.2, 0) is 6.54 Å². The molecule has 0 spiro atoms. The van der Waals surface area contributed by atoms with Crippen molar-refractivity contribution in [1.82, 2.24) is 14.7 Å². The number of hydrogen-bond donors (Lipinski definition) is 0. The number of hydrogen-bond acceptors (Lipinski definition) is 5. The lowest BCUT2D eigenvalue weighted by atomic mass is 10.1. The smallest absolute Gasteiger partial charge is 0.261 e. The number of rotatable bonds is 6. The molecule has 0 aliphatic carbocycles. The Bertz CT molecular complexity index is 890. The van der Waals surface area contributed by atoms with E-state index in [1.54, 1.807) is 30.3 Å². The highest BCUT2D eigenvalue weighted by atomic mass is 19.1. The summed E-state index contributed by atoms with van der Waals surface area (Å²) in [6.45, 7) is 5.16. The molecule has 2 aromatic carbocycles. The van der Waals surface area contributed by atoms with Crippen LogP contribution in [0.15, 0.2) is 42.5 Å². The minimum absolute atomic E-state index is 0.203. The number of carbonyl (C=O) groups is 2. The van der Waals surface area contributed by atoms with E-state index < -0.39 is 0 Å². The van der Waals surface area contributed by atoms with Gasteiger partial charge in [-0.1, -0.05) is 18.2 Å². The number of ether oxygens (including phenoxy) is 1. The van der Waals surface area contributed by atoms with E-state index in [-0.39, 0.29) is 23.4 Å². The van der Waals surface area contributed by atoms with Gasteiger partial charge in [0.25, 0.3) is 11.8 Å². The van der Waals surface area contributed by atoms with Gasteiger partial charge < -0.3 is 4.74 Å². The van der Waals surface area contributed by atoms with E-state index in [9.17, 15) is 14.0 Å². The minimum atomic E-state index is -0.343. The zero-order valence-corrected chi connectivity index (χ0v) is 16.4. The van der Waals surface area contributed by atoms with Gasteiger partial charge in [-0.3, -0.25) is 24.3 Å². The lowest BCUT2D eigenvalue weighted by Crippen LogP contribution is -2.48. The minimum Gasteiger partial charge on any atom is -0.494 e. The van der Waals surface area contributed by atoms with Gasteiger partial charge >= 0.3 is 0 Å². The summed E-state index contributed by atoms with van der Waals surface area (Å²) in [7, 11) is 1.46. The fraction of sp³-hybridized carbons (Fsp3) is 0.364.